The van der Waals surface area contributed by atoms with Crippen molar-refractivity contribution in [2.45, 2.75) is 32.5 Å². The smallest absolute Gasteiger partial charge is 0.322 e. The van der Waals surface area contributed by atoms with Gasteiger partial charge in [0.2, 0.25) is 0 Å². The molecule has 0 aromatic heterocycles. The maximum absolute atomic E-state index is 12.4. The molecule has 3 amide bonds. The topological polar surface area (TPSA) is 81.7 Å². The van der Waals surface area contributed by atoms with Crippen LogP contribution in [0.5, 0.6) is 0 Å². The third-order valence-electron chi connectivity index (χ3n) is 4.21. The molecule has 6 nitrogen and oxygen atoms in total. The zero-order valence-corrected chi connectivity index (χ0v) is 15.0. The van der Waals surface area contributed by atoms with Crippen LogP contribution < -0.4 is 10.6 Å². The molecular formula is C20H23N3O3. The van der Waals surface area contributed by atoms with E-state index in [1.807, 2.05) is 24.3 Å². The van der Waals surface area contributed by atoms with Gasteiger partial charge < -0.3 is 20.6 Å². The van der Waals surface area contributed by atoms with Gasteiger partial charge in [-0.15, -0.1) is 0 Å². The minimum absolute atomic E-state index is 0.166. The number of anilines is 1. The Bertz CT molecular complexity index is 785. The van der Waals surface area contributed by atoms with Crippen molar-refractivity contribution in [1.82, 2.24) is 10.2 Å². The molecule has 2 aromatic carbocycles. The molecule has 26 heavy (non-hydrogen) atoms. The van der Waals surface area contributed by atoms with Crippen molar-refractivity contribution in [1.29, 1.82) is 0 Å². The summed E-state index contributed by atoms with van der Waals surface area (Å²) in [5.74, 6) is -0.264. The Morgan fingerprint density at radius 3 is 2.15 bits per heavy atom. The quantitative estimate of drug-likeness (QED) is 0.790. The zero-order valence-electron chi connectivity index (χ0n) is 15.0. The molecular weight excluding hydrogens is 330 g/mol. The van der Waals surface area contributed by atoms with Gasteiger partial charge in [0.1, 0.15) is 0 Å². The van der Waals surface area contributed by atoms with Crippen LogP contribution in [-0.2, 0) is 13.1 Å². The van der Waals surface area contributed by atoms with Crippen LogP contribution in [0.25, 0.3) is 0 Å². The Hall–Kier alpha value is -2.86. The summed E-state index contributed by atoms with van der Waals surface area (Å²) in [7, 11) is 0. The molecule has 0 saturated heterocycles. The van der Waals surface area contributed by atoms with Crippen LogP contribution >= 0.6 is 0 Å². The van der Waals surface area contributed by atoms with E-state index in [9.17, 15) is 14.7 Å². The van der Waals surface area contributed by atoms with Crippen LogP contribution in [-0.4, -0.2) is 34.1 Å². The first kappa shape index (κ1) is 17.9. The molecule has 3 N–H and O–H groups in total. The van der Waals surface area contributed by atoms with Crippen molar-refractivity contribution < 1.29 is 14.7 Å². The van der Waals surface area contributed by atoms with Gasteiger partial charge in [-0.05, 0) is 49.2 Å². The zero-order chi connectivity index (χ0) is 18.7. The highest BCUT2D eigenvalue weighted by molar-refractivity contribution is 5.95. The number of amides is 3. The van der Waals surface area contributed by atoms with Gasteiger partial charge in [0.05, 0.1) is 5.60 Å². The van der Waals surface area contributed by atoms with Gasteiger partial charge in [0.25, 0.3) is 5.91 Å². The number of carbonyl (C=O) groups is 2. The van der Waals surface area contributed by atoms with E-state index in [2.05, 4.69) is 10.6 Å². The minimum atomic E-state index is -0.961. The van der Waals surface area contributed by atoms with Crippen molar-refractivity contribution in [3.05, 3.63) is 65.2 Å². The maximum atomic E-state index is 12.4. The molecule has 0 fully saturated rings. The van der Waals surface area contributed by atoms with Gasteiger partial charge in [0, 0.05) is 30.9 Å². The summed E-state index contributed by atoms with van der Waals surface area (Å²) in [6, 6.07) is 14.5. The highest BCUT2D eigenvalue weighted by Crippen LogP contribution is 2.23. The van der Waals surface area contributed by atoms with Gasteiger partial charge in [0.15, 0.2) is 0 Å². The largest absolute Gasteiger partial charge is 0.389 e. The Labute approximate surface area is 152 Å². The maximum Gasteiger partial charge on any atom is 0.322 e. The van der Waals surface area contributed by atoms with Gasteiger partial charge in [-0.2, -0.15) is 0 Å². The van der Waals surface area contributed by atoms with Gasteiger partial charge in [-0.1, -0.05) is 24.3 Å². The lowest BCUT2D eigenvalue weighted by molar-refractivity contribution is 0.0694. The molecule has 6 heteroatoms. The van der Waals surface area contributed by atoms with Crippen LogP contribution in [0.4, 0.5) is 10.5 Å². The van der Waals surface area contributed by atoms with Crippen LogP contribution in [0, 0.1) is 0 Å². The molecule has 136 valence electrons. The summed E-state index contributed by atoms with van der Waals surface area (Å²) < 4.78 is 0. The highest BCUT2D eigenvalue weighted by Gasteiger charge is 2.22. The molecule has 3 rings (SSSR count). The van der Waals surface area contributed by atoms with E-state index < -0.39 is 5.60 Å². The number of benzene rings is 2. The van der Waals surface area contributed by atoms with Crippen molar-refractivity contribution in [2.24, 2.45) is 0 Å². The first-order valence-corrected chi connectivity index (χ1v) is 8.55. The average Bonchev–Trinajstić information content (AvgIpc) is 3.04. The van der Waals surface area contributed by atoms with Crippen molar-refractivity contribution in [3.63, 3.8) is 0 Å². The molecule has 0 radical (unpaired) electrons. The number of hydrogen-bond donors (Lipinski definition) is 3. The predicted molar refractivity (Wildman–Crippen MR) is 99.8 cm³/mol. The van der Waals surface area contributed by atoms with Crippen LogP contribution in [0.15, 0.2) is 48.5 Å². The number of urea groups is 1. The fourth-order valence-electron chi connectivity index (χ4n) is 2.78. The Balaban J connectivity index is 1.56. The van der Waals surface area contributed by atoms with E-state index >= 15 is 0 Å². The van der Waals surface area contributed by atoms with Crippen molar-refractivity contribution in [3.8, 4) is 0 Å². The summed E-state index contributed by atoms with van der Waals surface area (Å²) in [4.78, 5) is 26.2. The first-order chi connectivity index (χ1) is 12.3. The second-order valence-corrected chi connectivity index (χ2v) is 7.13. The van der Waals surface area contributed by atoms with Crippen LogP contribution in [0.1, 0.15) is 35.3 Å². The molecule has 0 atom stereocenters. The van der Waals surface area contributed by atoms with Gasteiger partial charge >= 0.3 is 6.03 Å². The Morgan fingerprint density at radius 1 is 1.04 bits per heavy atom. The monoisotopic (exact) mass is 353 g/mol. The molecule has 1 aliphatic rings. The summed E-state index contributed by atoms with van der Waals surface area (Å²) in [6.07, 6.45) is 0. The van der Waals surface area contributed by atoms with Crippen LogP contribution in [0.2, 0.25) is 0 Å². The second kappa shape index (κ2) is 7.17. The number of carbonyl (C=O) groups excluding carboxylic acids is 2. The summed E-state index contributed by atoms with van der Waals surface area (Å²) >= 11 is 0. The number of fused-ring (bicyclic) bond motifs is 1. The summed E-state index contributed by atoms with van der Waals surface area (Å²) in [6.45, 7) is 4.61. The predicted octanol–water partition coefficient (Wildman–Crippen LogP) is 2.74. The third-order valence-corrected chi connectivity index (χ3v) is 4.21. The Kier molecular flexibility index (Phi) is 4.95. The average molecular weight is 353 g/mol. The molecule has 0 saturated carbocycles. The molecule has 2 aromatic rings. The summed E-state index contributed by atoms with van der Waals surface area (Å²) in [5.41, 5.74) is 2.48. The highest BCUT2D eigenvalue weighted by atomic mass is 16.3. The standard InChI is InChI=1S/C20H23N3O3/c1-20(2,26)13-21-18(24)14-7-9-17(10-8-14)22-19(25)23-11-15-5-3-4-6-16(15)12-23/h3-10,26H,11-13H2,1-2H3,(H,21,24)(H,22,25). The third kappa shape index (κ3) is 4.40. The van der Waals surface area contributed by atoms with Crippen LogP contribution in [0.3, 0.4) is 0 Å². The van der Waals surface area contributed by atoms with E-state index in [0.717, 1.165) is 0 Å². The van der Waals surface area contributed by atoms with Crippen molar-refractivity contribution in [2.75, 3.05) is 11.9 Å². The number of nitrogens with zero attached hydrogens (tertiary/aromatic N) is 1. The fraction of sp³-hybridized carbons (Fsp3) is 0.300. The second-order valence-electron chi connectivity index (χ2n) is 7.13. The Morgan fingerprint density at radius 2 is 1.62 bits per heavy atom. The van der Waals surface area contributed by atoms with Gasteiger partial charge in [-0.25, -0.2) is 4.79 Å². The lowest BCUT2D eigenvalue weighted by atomic mass is 10.1. The number of nitrogens with one attached hydrogen (secondary N) is 2. The van der Waals surface area contributed by atoms with Crippen molar-refractivity contribution >= 4 is 17.6 Å². The number of hydrogen-bond acceptors (Lipinski definition) is 3. The lowest BCUT2D eigenvalue weighted by Gasteiger charge is -2.18. The van der Waals surface area contributed by atoms with E-state index in [0.29, 0.717) is 24.3 Å². The summed E-state index contributed by atoms with van der Waals surface area (Å²) in [5, 5.41) is 15.2. The number of aliphatic hydroxyl groups is 1. The first-order valence-electron chi connectivity index (χ1n) is 8.55. The van der Waals surface area contributed by atoms with E-state index in [1.54, 1.807) is 43.0 Å². The minimum Gasteiger partial charge on any atom is -0.389 e. The molecule has 1 heterocycles. The van der Waals surface area contributed by atoms with Gasteiger partial charge in [-0.3, -0.25) is 4.79 Å². The molecule has 0 aliphatic carbocycles. The number of rotatable bonds is 4. The van der Waals surface area contributed by atoms with E-state index in [-0.39, 0.29) is 18.5 Å². The molecule has 1 aliphatic heterocycles. The fourth-order valence-corrected chi connectivity index (χ4v) is 2.78. The SMILES string of the molecule is CC(C)(O)CNC(=O)c1ccc(NC(=O)N2Cc3ccccc3C2)cc1. The normalized spacial score (nSPS) is 13.3. The molecule has 0 bridgehead atoms. The van der Waals surface area contributed by atoms with E-state index in [4.69, 9.17) is 0 Å². The van der Waals surface area contributed by atoms with E-state index in [1.165, 1.54) is 11.1 Å². The molecule has 0 spiro atoms. The lowest BCUT2D eigenvalue weighted by Crippen LogP contribution is -2.38. The molecule has 0 unspecified atom stereocenters.